The van der Waals surface area contributed by atoms with E-state index in [4.69, 9.17) is 10.9 Å². The van der Waals surface area contributed by atoms with Crippen LogP contribution in [0.5, 0.6) is 0 Å². The highest BCUT2D eigenvalue weighted by Crippen LogP contribution is 2.29. The fraction of sp³-hybridized carbons (Fsp3) is 0.0476. The number of nitrogens with two attached hydrogens (primary N) is 1. The number of nitrogen functional groups attached to an aromatic ring is 1. The fourth-order valence-electron chi connectivity index (χ4n) is 3.20. The number of pyridine rings is 1. The van der Waals surface area contributed by atoms with Gasteiger partial charge in [-0.2, -0.15) is 0 Å². The Hall–Kier alpha value is -3.64. The third-order valence-electron chi connectivity index (χ3n) is 4.53. The summed E-state index contributed by atoms with van der Waals surface area (Å²) in [7, 11) is 0. The summed E-state index contributed by atoms with van der Waals surface area (Å²) in [6.45, 7) is 0.623. The second kappa shape index (κ2) is 6.93. The van der Waals surface area contributed by atoms with Crippen LogP contribution >= 0.6 is 0 Å². The molecule has 0 saturated heterocycles. The Kier molecular flexibility index (Phi) is 4.32. The Bertz CT molecular complexity index is 1120. The number of anilines is 1. The number of hydrogen-bond donors (Lipinski definition) is 3. The van der Waals surface area contributed by atoms with E-state index in [-0.39, 0.29) is 0 Å². The number of rotatable bonds is 4. The molecule has 0 aliphatic heterocycles. The molecule has 4 rings (SSSR count). The van der Waals surface area contributed by atoms with Gasteiger partial charge in [0.2, 0.25) is 0 Å². The Morgan fingerprint density at radius 2 is 1.93 bits per heavy atom. The molecule has 0 saturated carbocycles. The molecule has 0 aliphatic rings. The number of hydroxylamine groups is 1. The summed E-state index contributed by atoms with van der Waals surface area (Å²) in [6, 6.07) is 18.9. The van der Waals surface area contributed by atoms with Crippen molar-refractivity contribution in [1.82, 2.24) is 15.0 Å². The van der Waals surface area contributed by atoms with Gasteiger partial charge in [-0.05, 0) is 53.1 Å². The molecule has 0 aliphatic carbocycles. The van der Waals surface area contributed by atoms with Crippen molar-refractivity contribution >= 4 is 22.6 Å². The van der Waals surface area contributed by atoms with Crippen LogP contribution in [0, 0.1) is 0 Å². The summed E-state index contributed by atoms with van der Waals surface area (Å²) in [5.74, 6) is -0.526. The van der Waals surface area contributed by atoms with Crippen molar-refractivity contribution in [1.29, 1.82) is 0 Å². The van der Waals surface area contributed by atoms with E-state index in [9.17, 15) is 4.79 Å². The van der Waals surface area contributed by atoms with E-state index in [1.165, 1.54) is 0 Å². The zero-order valence-corrected chi connectivity index (χ0v) is 14.5. The van der Waals surface area contributed by atoms with Crippen LogP contribution in [0.15, 0.2) is 73.1 Å². The van der Waals surface area contributed by atoms with Gasteiger partial charge in [0.05, 0.1) is 0 Å². The van der Waals surface area contributed by atoms with Gasteiger partial charge in [0.1, 0.15) is 5.65 Å². The van der Waals surface area contributed by atoms with Gasteiger partial charge in [0, 0.05) is 35.6 Å². The van der Waals surface area contributed by atoms with E-state index in [2.05, 4.69) is 15.6 Å². The van der Waals surface area contributed by atoms with Crippen LogP contribution < -0.4 is 11.2 Å². The molecule has 0 unspecified atom stereocenters. The number of fused-ring (bicyclic) bond motifs is 1. The molecular weight excluding hydrogens is 340 g/mol. The fourth-order valence-corrected chi connectivity index (χ4v) is 3.20. The second-order valence-electron chi connectivity index (χ2n) is 6.30. The molecule has 2 aromatic heterocycles. The van der Waals surface area contributed by atoms with Gasteiger partial charge in [-0.15, -0.1) is 0 Å². The largest absolute Gasteiger partial charge is 0.399 e. The highest BCUT2D eigenvalue weighted by atomic mass is 16.5. The van der Waals surface area contributed by atoms with Crippen molar-refractivity contribution in [2.24, 2.45) is 0 Å². The molecular formula is C21H18N4O2. The monoisotopic (exact) mass is 358 g/mol. The van der Waals surface area contributed by atoms with Crippen molar-refractivity contribution in [3.8, 4) is 11.1 Å². The Morgan fingerprint density at radius 1 is 1.11 bits per heavy atom. The van der Waals surface area contributed by atoms with Crippen molar-refractivity contribution in [2.45, 2.75) is 6.54 Å². The number of hydrogen-bond acceptors (Lipinski definition) is 4. The molecule has 2 aromatic carbocycles. The lowest BCUT2D eigenvalue weighted by Crippen LogP contribution is -2.18. The van der Waals surface area contributed by atoms with Crippen LogP contribution in [0.4, 0.5) is 5.69 Å². The van der Waals surface area contributed by atoms with Gasteiger partial charge < -0.3 is 10.3 Å². The molecule has 27 heavy (non-hydrogen) atoms. The first-order valence-electron chi connectivity index (χ1n) is 8.49. The summed E-state index contributed by atoms with van der Waals surface area (Å²) < 4.78 is 2.06. The summed E-state index contributed by atoms with van der Waals surface area (Å²) in [5, 5.41) is 9.76. The summed E-state index contributed by atoms with van der Waals surface area (Å²) in [5.41, 5.74) is 12.7. The van der Waals surface area contributed by atoms with E-state index >= 15 is 0 Å². The third kappa shape index (κ3) is 3.26. The SMILES string of the molecule is Nc1cccc(-c2ccnc3c2ccn3Cc2ccc(C(=O)NO)cc2)c1. The summed E-state index contributed by atoms with van der Waals surface area (Å²) >= 11 is 0. The molecule has 4 aromatic rings. The summed E-state index contributed by atoms with van der Waals surface area (Å²) in [4.78, 5) is 16.0. The molecule has 2 heterocycles. The average Bonchev–Trinajstić information content (AvgIpc) is 3.11. The predicted octanol–water partition coefficient (Wildman–Crippen LogP) is 3.45. The molecule has 134 valence electrons. The van der Waals surface area contributed by atoms with Gasteiger partial charge in [0.15, 0.2) is 0 Å². The quantitative estimate of drug-likeness (QED) is 0.296. The van der Waals surface area contributed by atoms with E-state index in [1.807, 2.05) is 48.7 Å². The van der Waals surface area contributed by atoms with Crippen LogP contribution in [0.1, 0.15) is 15.9 Å². The third-order valence-corrected chi connectivity index (χ3v) is 4.53. The lowest BCUT2D eigenvalue weighted by molar-refractivity contribution is 0.0706. The number of benzene rings is 2. The van der Waals surface area contributed by atoms with Crippen LogP contribution in [0.2, 0.25) is 0 Å². The van der Waals surface area contributed by atoms with E-state index in [0.717, 1.165) is 33.4 Å². The maximum absolute atomic E-state index is 11.4. The van der Waals surface area contributed by atoms with Crippen LogP contribution in [0.3, 0.4) is 0 Å². The zero-order chi connectivity index (χ0) is 18.8. The molecule has 0 atom stereocenters. The minimum atomic E-state index is -0.526. The van der Waals surface area contributed by atoms with Crippen LogP contribution in [-0.2, 0) is 6.54 Å². The zero-order valence-electron chi connectivity index (χ0n) is 14.5. The number of carbonyl (C=O) groups excluding carboxylic acids is 1. The van der Waals surface area contributed by atoms with Gasteiger partial charge in [0.25, 0.3) is 5.91 Å². The van der Waals surface area contributed by atoms with Gasteiger partial charge in [-0.25, -0.2) is 10.5 Å². The Balaban J connectivity index is 1.68. The topological polar surface area (TPSA) is 93.2 Å². The molecule has 0 spiro atoms. The van der Waals surface area contributed by atoms with Crippen LogP contribution in [0.25, 0.3) is 22.2 Å². The number of amides is 1. The first-order valence-corrected chi connectivity index (χ1v) is 8.49. The van der Waals surface area contributed by atoms with Gasteiger partial charge in [-0.1, -0.05) is 24.3 Å². The molecule has 6 nitrogen and oxygen atoms in total. The molecule has 4 N–H and O–H groups in total. The smallest absolute Gasteiger partial charge is 0.274 e. The molecule has 0 radical (unpaired) electrons. The van der Waals surface area contributed by atoms with E-state index in [1.54, 1.807) is 23.8 Å². The number of carbonyl (C=O) groups is 1. The lowest BCUT2D eigenvalue weighted by atomic mass is 10.0. The lowest BCUT2D eigenvalue weighted by Gasteiger charge is -2.08. The molecule has 6 heteroatoms. The molecule has 0 fully saturated rings. The number of aromatic nitrogens is 2. The van der Waals surface area contributed by atoms with Crippen molar-refractivity contribution in [3.63, 3.8) is 0 Å². The maximum atomic E-state index is 11.4. The van der Waals surface area contributed by atoms with Crippen molar-refractivity contribution in [2.75, 3.05) is 5.73 Å². The highest BCUT2D eigenvalue weighted by Gasteiger charge is 2.10. The van der Waals surface area contributed by atoms with Gasteiger partial charge in [-0.3, -0.25) is 10.0 Å². The minimum Gasteiger partial charge on any atom is -0.399 e. The Labute approximate surface area is 155 Å². The maximum Gasteiger partial charge on any atom is 0.274 e. The summed E-state index contributed by atoms with van der Waals surface area (Å²) in [6.07, 6.45) is 3.80. The highest BCUT2D eigenvalue weighted by molar-refractivity contribution is 5.94. The standard InChI is InChI=1S/C21H18N4O2/c22-17-3-1-2-16(12-17)18-8-10-23-20-19(18)9-11-25(20)13-14-4-6-15(7-5-14)21(26)24-27/h1-12,27H,13,22H2,(H,24,26). The predicted molar refractivity (Wildman–Crippen MR) is 104 cm³/mol. The minimum absolute atomic E-state index is 0.403. The molecule has 1 amide bonds. The first-order chi connectivity index (χ1) is 13.2. The first kappa shape index (κ1) is 16.8. The van der Waals surface area contributed by atoms with Crippen molar-refractivity contribution in [3.05, 3.63) is 84.2 Å². The van der Waals surface area contributed by atoms with Crippen molar-refractivity contribution < 1.29 is 10.0 Å². The Morgan fingerprint density at radius 3 is 2.67 bits per heavy atom. The second-order valence-corrected chi connectivity index (χ2v) is 6.30. The van der Waals surface area contributed by atoms with E-state index < -0.39 is 5.91 Å². The van der Waals surface area contributed by atoms with E-state index in [0.29, 0.717) is 12.1 Å². The normalized spacial score (nSPS) is 10.9. The van der Waals surface area contributed by atoms with Crippen LogP contribution in [-0.4, -0.2) is 20.7 Å². The average molecular weight is 358 g/mol. The number of nitrogens with zero attached hydrogens (tertiary/aromatic N) is 2. The molecule has 0 bridgehead atoms. The number of nitrogens with one attached hydrogen (secondary N) is 1. The van der Waals surface area contributed by atoms with Gasteiger partial charge >= 0.3 is 0 Å².